The minimum absolute atomic E-state index is 0.218. The van der Waals surface area contributed by atoms with Gasteiger partial charge in [-0.1, -0.05) is 29.8 Å². The van der Waals surface area contributed by atoms with Crippen molar-refractivity contribution in [2.24, 2.45) is 0 Å². The van der Waals surface area contributed by atoms with E-state index in [1.54, 1.807) is 11.8 Å². The van der Waals surface area contributed by atoms with Gasteiger partial charge in [-0.3, -0.25) is 4.79 Å². The largest absolute Gasteiger partial charge is 0.464 e. The summed E-state index contributed by atoms with van der Waals surface area (Å²) in [4.78, 5) is 26.4. The van der Waals surface area contributed by atoms with E-state index in [0.717, 1.165) is 24.0 Å². The van der Waals surface area contributed by atoms with E-state index in [2.05, 4.69) is 0 Å². The summed E-state index contributed by atoms with van der Waals surface area (Å²) in [5.74, 6) is -0.548. The molecule has 0 saturated carbocycles. The standard InChI is InChI=1S/C17H22ClNO3/c1-3-22-17(21)14-9-4-5-10-19(14)16(20)15(18)13-8-6-7-12(2)11-13/h6-8,11,14-15H,3-5,9-10H2,1-2H3. The van der Waals surface area contributed by atoms with Crippen LogP contribution >= 0.6 is 11.6 Å². The molecule has 1 aliphatic heterocycles. The van der Waals surface area contributed by atoms with Crippen LogP contribution in [-0.4, -0.2) is 36.0 Å². The van der Waals surface area contributed by atoms with Gasteiger partial charge in [0.2, 0.25) is 5.91 Å². The summed E-state index contributed by atoms with van der Waals surface area (Å²) in [5.41, 5.74) is 1.82. The maximum absolute atomic E-state index is 12.7. The Labute approximate surface area is 136 Å². The lowest BCUT2D eigenvalue weighted by molar-refractivity contribution is -0.156. The number of piperidine rings is 1. The molecule has 0 aliphatic carbocycles. The number of likely N-dealkylation sites (tertiary alicyclic amines) is 1. The highest BCUT2D eigenvalue weighted by Crippen LogP contribution is 2.28. The molecule has 2 atom stereocenters. The molecular weight excluding hydrogens is 302 g/mol. The van der Waals surface area contributed by atoms with Gasteiger partial charge in [0, 0.05) is 6.54 Å². The van der Waals surface area contributed by atoms with Gasteiger partial charge in [0.25, 0.3) is 0 Å². The molecule has 0 spiro atoms. The number of halogens is 1. The minimum Gasteiger partial charge on any atom is -0.464 e. The lowest BCUT2D eigenvalue weighted by atomic mass is 10.00. The molecule has 1 saturated heterocycles. The van der Waals surface area contributed by atoms with Gasteiger partial charge < -0.3 is 9.64 Å². The Morgan fingerprint density at radius 3 is 2.86 bits per heavy atom. The molecule has 22 heavy (non-hydrogen) atoms. The van der Waals surface area contributed by atoms with Crippen LogP contribution in [0.1, 0.15) is 42.7 Å². The molecule has 0 bridgehead atoms. The number of carbonyl (C=O) groups excluding carboxylic acids is 2. The smallest absolute Gasteiger partial charge is 0.328 e. The maximum atomic E-state index is 12.7. The van der Waals surface area contributed by atoms with Gasteiger partial charge in [0.15, 0.2) is 0 Å². The third kappa shape index (κ3) is 3.80. The van der Waals surface area contributed by atoms with Crippen molar-refractivity contribution in [1.82, 2.24) is 4.90 Å². The van der Waals surface area contributed by atoms with Gasteiger partial charge in [-0.2, -0.15) is 0 Å². The summed E-state index contributed by atoms with van der Waals surface area (Å²) < 4.78 is 5.09. The summed E-state index contributed by atoms with van der Waals surface area (Å²) in [6, 6.07) is 7.07. The number of aryl methyl sites for hydroxylation is 1. The molecule has 120 valence electrons. The quantitative estimate of drug-likeness (QED) is 0.631. The zero-order valence-corrected chi connectivity index (χ0v) is 13.8. The highest BCUT2D eigenvalue weighted by molar-refractivity contribution is 6.30. The number of hydrogen-bond donors (Lipinski definition) is 0. The lowest BCUT2D eigenvalue weighted by Crippen LogP contribution is -2.49. The molecule has 1 aromatic rings. The molecular formula is C17H22ClNO3. The summed E-state index contributed by atoms with van der Waals surface area (Å²) in [5, 5.41) is -0.769. The average Bonchev–Trinajstić information content (AvgIpc) is 2.53. The van der Waals surface area contributed by atoms with Crippen LogP contribution in [0.25, 0.3) is 0 Å². The van der Waals surface area contributed by atoms with Crippen LogP contribution < -0.4 is 0 Å². The molecule has 5 heteroatoms. The van der Waals surface area contributed by atoms with Crippen molar-refractivity contribution in [3.05, 3.63) is 35.4 Å². The number of benzene rings is 1. The van der Waals surface area contributed by atoms with Crippen molar-refractivity contribution >= 4 is 23.5 Å². The van der Waals surface area contributed by atoms with Crippen LogP contribution in [0.15, 0.2) is 24.3 Å². The van der Waals surface area contributed by atoms with Crippen LogP contribution in [0.3, 0.4) is 0 Å². The minimum atomic E-state index is -0.769. The highest BCUT2D eigenvalue weighted by Gasteiger charge is 2.36. The van der Waals surface area contributed by atoms with Gasteiger partial charge >= 0.3 is 5.97 Å². The van der Waals surface area contributed by atoms with Crippen LogP contribution in [0.4, 0.5) is 0 Å². The number of carbonyl (C=O) groups is 2. The molecule has 1 amide bonds. The van der Waals surface area contributed by atoms with Crippen LogP contribution in [-0.2, 0) is 14.3 Å². The van der Waals surface area contributed by atoms with Crippen LogP contribution in [0.2, 0.25) is 0 Å². The molecule has 2 unspecified atom stereocenters. The van der Waals surface area contributed by atoms with Crippen molar-refractivity contribution in [1.29, 1.82) is 0 Å². The number of nitrogens with zero attached hydrogens (tertiary/aromatic N) is 1. The first-order chi connectivity index (χ1) is 10.5. The Hall–Kier alpha value is -1.55. The Kier molecular flexibility index (Phi) is 5.83. The first-order valence-electron chi connectivity index (χ1n) is 7.72. The third-order valence-electron chi connectivity index (χ3n) is 3.90. The molecule has 1 fully saturated rings. The average molecular weight is 324 g/mol. The van der Waals surface area contributed by atoms with E-state index < -0.39 is 11.4 Å². The fourth-order valence-electron chi connectivity index (χ4n) is 2.79. The fourth-order valence-corrected chi connectivity index (χ4v) is 3.06. The second-order valence-corrected chi connectivity index (χ2v) is 6.01. The first kappa shape index (κ1) is 16.8. The van der Waals surface area contributed by atoms with E-state index in [1.807, 2.05) is 31.2 Å². The van der Waals surface area contributed by atoms with E-state index >= 15 is 0 Å². The normalized spacial score (nSPS) is 19.6. The Morgan fingerprint density at radius 1 is 1.41 bits per heavy atom. The van der Waals surface area contributed by atoms with Gasteiger partial charge in [-0.05, 0) is 38.7 Å². The van der Waals surface area contributed by atoms with Crippen molar-refractivity contribution in [2.45, 2.75) is 44.5 Å². The fraction of sp³-hybridized carbons (Fsp3) is 0.529. The molecule has 1 aliphatic rings. The summed E-state index contributed by atoms with van der Waals surface area (Å²) in [6.45, 7) is 4.60. The zero-order valence-electron chi connectivity index (χ0n) is 13.0. The number of rotatable bonds is 4. The Morgan fingerprint density at radius 2 is 2.18 bits per heavy atom. The van der Waals surface area contributed by atoms with Crippen LogP contribution in [0, 0.1) is 6.92 Å². The number of hydrogen-bond acceptors (Lipinski definition) is 3. The van der Waals surface area contributed by atoms with Gasteiger partial charge in [0.05, 0.1) is 6.61 Å². The van der Waals surface area contributed by atoms with E-state index in [0.29, 0.717) is 19.6 Å². The predicted molar refractivity (Wildman–Crippen MR) is 85.8 cm³/mol. The monoisotopic (exact) mass is 323 g/mol. The van der Waals surface area contributed by atoms with E-state index in [1.165, 1.54) is 0 Å². The van der Waals surface area contributed by atoms with Crippen LogP contribution in [0.5, 0.6) is 0 Å². The molecule has 4 nitrogen and oxygen atoms in total. The first-order valence-corrected chi connectivity index (χ1v) is 8.16. The predicted octanol–water partition coefficient (Wildman–Crippen LogP) is 3.22. The molecule has 0 aromatic heterocycles. The molecule has 0 N–H and O–H groups in total. The number of esters is 1. The van der Waals surface area contributed by atoms with Gasteiger partial charge in [-0.15, -0.1) is 11.6 Å². The lowest BCUT2D eigenvalue weighted by Gasteiger charge is -2.35. The van der Waals surface area contributed by atoms with Crippen molar-refractivity contribution in [3.8, 4) is 0 Å². The second-order valence-electron chi connectivity index (χ2n) is 5.57. The van der Waals surface area contributed by atoms with E-state index in [9.17, 15) is 9.59 Å². The van der Waals surface area contributed by atoms with Gasteiger partial charge in [0.1, 0.15) is 11.4 Å². The molecule has 1 aromatic carbocycles. The summed E-state index contributed by atoms with van der Waals surface area (Å²) in [6.07, 6.45) is 2.45. The summed E-state index contributed by atoms with van der Waals surface area (Å²) >= 11 is 6.37. The molecule has 2 rings (SSSR count). The van der Waals surface area contributed by atoms with Crippen molar-refractivity contribution < 1.29 is 14.3 Å². The van der Waals surface area contributed by atoms with E-state index in [-0.39, 0.29) is 11.9 Å². The topological polar surface area (TPSA) is 46.6 Å². The number of alkyl halides is 1. The highest BCUT2D eigenvalue weighted by atomic mass is 35.5. The SMILES string of the molecule is CCOC(=O)C1CCCCN1C(=O)C(Cl)c1cccc(C)c1. The number of ether oxygens (including phenoxy) is 1. The Balaban J connectivity index is 2.16. The van der Waals surface area contributed by atoms with Gasteiger partial charge in [-0.25, -0.2) is 4.79 Å². The summed E-state index contributed by atoms with van der Waals surface area (Å²) in [7, 11) is 0. The maximum Gasteiger partial charge on any atom is 0.328 e. The molecule has 0 radical (unpaired) electrons. The zero-order chi connectivity index (χ0) is 16.1. The second kappa shape index (κ2) is 7.63. The Bertz CT molecular complexity index is 546. The van der Waals surface area contributed by atoms with Crippen molar-refractivity contribution in [2.75, 3.05) is 13.2 Å². The van der Waals surface area contributed by atoms with Crippen molar-refractivity contribution in [3.63, 3.8) is 0 Å². The molecule has 1 heterocycles. The third-order valence-corrected chi connectivity index (χ3v) is 4.33. The number of amides is 1. The van der Waals surface area contributed by atoms with E-state index in [4.69, 9.17) is 16.3 Å².